The lowest BCUT2D eigenvalue weighted by atomic mass is 10.1. The molecule has 30 heavy (non-hydrogen) atoms. The third-order valence-corrected chi connectivity index (χ3v) is 6.32. The van der Waals surface area contributed by atoms with Gasteiger partial charge in [0.25, 0.3) is 0 Å². The lowest BCUT2D eigenvalue weighted by Crippen LogP contribution is -2.46. The Balaban J connectivity index is 1.09. The van der Waals surface area contributed by atoms with Crippen molar-refractivity contribution >= 4 is 27.6 Å². The number of piperazine rings is 1. The molecular formula is C25H29N3O2. The molecule has 3 heterocycles. The Bertz CT molecular complexity index is 1120. The molecule has 2 aromatic heterocycles. The number of anilines is 1. The van der Waals surface area contributed by atoms with Crippen LogP contribution in [-0.4, -0.2) is 49.7 Å². The summed E-state index contributed by atoms with van der Waals surface area (Å²) in [5.41, 5.74) is 4.85. The fourth-order valence-electron chi connectivity index (χ4n) is 4.52. The van der Waals surface area contributed by atoms with E-state index in [2.05, 4.69) is 51.3 Å². The van der Waals surface area contributed by atoms with Crippen LogP contribution in [0.15, 0.2) is 59.3 Å². The molecule has 1 N–H and O–H groups in total. The SMILES string of the molecule is COc1ccc2[nH]cc(CCCCN3CCN(c4ccc5occc5c4)CC3)c2c1. The second kappa shape index (κ2) is 8.44. The maximum Gasteiger partial charge on any atom is 0.133 e. The fourth-order valence-corrected chi connectivity index (χ4v) is 4.52. The van der Waals surface area contributed by atoms with Crippen LogP contribution in [0.1, 0.15) is 18.4 Å². The van der Waals surface area contributed by atoms with Crippen molar-refractivity contribution < 1.29 is 9.15 Å². The molecule has 5 rings (SSSR count). The van der Waals surface area contributed by atoms with Gasteiger partial charge in [0.05, 0.1) is 13.4 Å². The van der Waals surface area contributed by atoms with E-state index in [-0.39, 0.29) is 0 Å². The van der Waals surface area contributed by atoms with Crippen molar-refractivity contribution in [1.29, 1.82) is 0 Å². The van der Waals surface area contributed by atoms with Crippen LogP contribution in [0, 0.1) is 0 Å². The van der Waals surface area contributed by atoms with Crippen molar-refractivity contribution in [1.82, 2.24) is 9.88 Å². The van der Waals surface area contributed by atoms with E-state index in [4.69, 9.17) is 9.15 Å². The number of fused-ring (bicyclic) bond motifs is 2. The molecule has 0 spiro atoms. The zero-order valence-electron chi connectivity index (χ0n) is 17.6. The highest BCUT2D eigenvalue weighted by atomic mass is 16.5. The molecule has 1 saturated heterocycles. The Labute approximate surface area is 177 Å². The largest absolute Gasteiger partial charge is 0.497 e. The first kappa shape index (κ1) is 19.1. The van der Waals surface area contributed by atoms with Crippen molar-refractivity contribution in [3.8, 4) is 5.75 Å². The van der Waals surface area contributed by atoms with E-state index in [9.17, 15) is 0 Å². The molecule has 1 aliphatic rings. The normalized spacial score (nSPS) is 15.3. The van der Waals surface area contributed by atoms with Crippen LogP contribution in [0.4, 0.5) is 5.69 Å². The van der Waals surface area contributed by atoms with Gasteiger partial charge in [0, 0.05) is 54.4 Å². The van der Waals surface area contributed by atoms with Crippen molar-refractivity contribution in [3.63, 3.8) is 0 Å². The Hall–Kier alpha value is -2.92. The number of methoxy groups -OCH3 is 1. The molecule has 1 aliphatic heterocycles. The summed E-state index contributed by atoms with van der Waals surface area (Å²) in [6, 6.07) is 14.8. The Kier molecular flexibility index (Phi) is 5.37. The third kappa shape index (κ3) is 3.90. The van der Waals surface area contributed by atoms with Gasteiger partial charge in [-0.25, -0.2) is 0 Å². The highest BCUT2D eigenvalue weighted by Gasteiger charge is 2.17. The number of hydrogen-bond acceptors (Lipinski definition) is 4. The summed E-state index contributed by atoms with van der Waals surface area (Å²) < 4.78 is 10.8. The molecule has 4 aromatic rings. The van der Waals surface area contributed by atoms with Gasteiger partial charge in [0.15, 0.2) is 0 Å². The standard InChI is InChI=1S/C25H29N3O2/c1-29-22-6-7-24-23(17-22)20(18-26-24)4-2-3-10-27-11-13-28(14-12-27)21-5-8-25-19(16-21)9-15-30-25/h5-9,15-18,26H,2-4,10-14H2,1H3. The van der Waals surface area contributed by atoms with Crippen LogP contribution in [0.2, 0.25) is 0 Å². The number of rotatable bonds is 7. The van der Waals surface area contributed by atoms with Gasteiger partial charge in [0.1, 0.15) is 11.3 Å². The minimum absolute atomic E-state index is 0.924. The van der Waals surface area contributed by atoms with E-state index in [1.165, 1.54) is 46.9 Å². The van der Waals surface area contributed by atoms with Crippen LogP contribution in [0.25, 0.3) is 21.9 Å². The van der Waals surface area contributed by atoms with Gasteiger partial charge in [-0.15, -0.1) is 0 Å². The monoisotopic (exact) mass is 403 g/mol. The number of H-pyrrole nitrogens is 1. The van der Waals surface area contributed by atoms with E-state index < -0.39 is 0 Å². The highest BCUT2D eigenvalue weighted by molar-refractivity contribution is 5.84. The van der Waals surface area contributed by atoms with Crippen LogP contribution in [0.3, 0.4) is 0 Å². The first-order valence-corrected chi connectivity index (χ1v) is 10.9. The number of unbranched alkanes of at least 4 members (excludes halogenated alkanes) is 1. The first-order valence-electron chi connectivity index (χ1n) is 10.9. The molecule has 5 heteroatoms. The molecule has 0 amide bonds. The maximum atomic E-state index is 5.46. The fraction of sp³-hybridized carbons (Fsp3) is 0.360. The number of ether oxygens (including phenoxy) is 1. The number of nitrogens with zero attached hydrogens (tertiary/aromatic N) is 2. The molecule has 5 nitrogen and oxygen atoms in total. The molecule has 0 radical (unpaired) electrons. The van der Waals surface area contributed by atoms with E-state index >= 15 is 0 Å². The Morgan fingerprint density at radius 2 is 1.90 bits per heavy atom. The van der Waals surface area contributed by atoms with Crippen molar-refractivity contribution in [2.75, 3.05) is 44.7 Å². The number of hydrogen-bond donors (Lipinski definition) is 1. The molecule has 0 atom stereocenters. The number of aromatic nitrogens is 1. The zero-order valence-corrected chi connectivity index (χ0v) is 17.6. The van der Waals surface area contributed by atoms with E-state index in [0.717, 1.165) is 43.9 Å². The highest BCUT2D eigenvalue weighted by Crippen LogP contribution is 2.26. The second-order valence-corrected chi connectivity index (χ2v) is 8.15. The summed E-state index contributed by atoms with van der Waals surface area (Å²) in [6.07, 6.45) is 7.47. The number of furan rings is 1. The zero-order chi connectivity index (χ0) is 20.3. The van der Waals surface area contributed by atoms with E-state index in [0.29, 0.717) is 0 Å². The van der Waals surface area contributed by atoms with E-state index in [1.807, 2.05) is 12.1 Å². The molecule has 0 aliphatic carbocycles. The minimum Gasteiger partial charge on any atom is -0.497 e. The summed E-state index contributed by atoms with van der Waals surface area (Å²) >= 11 is 0. The predicted molar refractivity (Wildman–Crippen MR) is 123 cm³/mol. The molecule has 2 aromatic carbocycles. The molecule has 0 saturated carbocycles. The van der Waals surface area contributed by atoms with Crippen LogP contribution >= 0.6 is 0 Å². The molecule has 0 unspecified atom stereocenters. The van der Waals surface area contributed by atoms with Gasteiger partial charge >= 0.3 is 0 Å². The van der Waals surface area contributed by atoms with E-state index in [1.54, 1.807) is 13.4 Å². The molecule has 1 fully saturated rings. The van der Waals surface area contributed by atoms with Crippen molar-refractivity contribution in [2.45, 2.75) is 19.3 Å². The van der Waals surface area contributed by atoms with Gasteiger partial charge in [-0.05, 0) is 73.8 Å². The minimum atomic E-state index is 0.924. The average molecular weight is 404 g/mol. The second-order valence-electron chi connectivity index (χ2n) is 8.15. The molecule has 0 bridgehead atoms. The summed E-state index contributed by atoms with van der Waals surface area (Å²) in [7, 11) is 1.73. The number of aromatic amines is 1. The topological polar surface area (TPSA) is 44.6 Å². The van der Waals surface area contributed by atoms with Gasteiger partial charge in [-0.3, -0.25) is 4.90 Å². The maximum absolute atomic E-state index is 5.46. The summed E-state index contributed by atoms with van der Waals surface area (Å²) in [4.78, 5) is 8.47. The lowest BCUT2D eigenvalue weighted by Gasteiger charge is -2.36. The summed E-state index contributed by atoms with van der Waals surface area (Å²) in [5.74, 6) is 0.924. The number of nitrogens with one attached hydrogen (secondary N) is 1. The van der Waals surface area contributed by atoms with Gasteiger partial charge < -0.3 is 19.0 Å². The van der Waals surface area contributed by atoms with Crippen molar-refractivity contribution in [2.24, 2.45) is 0 Å². The number of benzene rings is 2. The quantitative estimate of drug-likeness (QED) is 0.438. The van der Waals surface area contributed by atoms with Crippen molar-refractivity contribution in [3.05, 3.63) is 60.5 Å². The smallest absolute Gasteiger partial charge is 0.133 e. The first-order chi connectivity index (χ1) is 14.8. The van der Waals surface area contributed by atoms with Gasteiger partial charge in [-0.1, -0.05) is 0 Å². The average Bonchev–Trinajstić information content (AvgIpc) is 3.43. The molecular weight excluding hydrogens is 374 g/mol. The summed E-state index contributed by atoms with van der Waals surface area (Å²) in [5, 5.41) is 2.47. The third-order valence-electron chi connectivity index (χ3n) is 6.32. The summed E-state index contributed by atoms with van der Waals surface area (Å²) in [6.45, 7) is 5.62. The van der Waals surface area contributed by atoms with Gasteiger partial charge in [-0.2, -0.15) is 0 Å². The van der Waals surface area contributed by atoms with Crippen LogP contribution in [-0.2, 0) is 6.42 Å². The number of aryl methyl sites for hydroxylation is 1. The molecule has 156 valence electrons. The van der Waals surface area contributed by atoms with Crippen LogP contribution in [0.5, 0.6) is 5.75 Å². The van der Waals surface area contributed by atoms with Gasteiger partial charge in [0.2, 0.25) is 0 Å². The lowest BCUT2D eigenvalue weighted by molar-refractivity contribution is 0.253. The Morgan fingerprint density at radius 3 is 2.77 bits per heavy atom. The Morgan fingerprint density at radius 1 is 1.00 bits per heavy atom. The van der Waals surface area contributed by atoms with Crippen LogP contribution < -0.4 is 9.64 Å². The predicted octanol–water partition coefficient (Wildman–Crippen LogP) is 5.07.